The van der Waals surface area contributed by atoms with Crippen LogP contribution in [0.1, 0.15) is 6.92 Å². The van der Waals surface area contributed by atoms with Gasteiger partial charge in [-0.25, -0.2) is 14.4 Å². The van der Waals surface area contributed by atoms with Crippen LogP contribution in [0.4, 0.5) is 0 Å². The van der Waals surface area contributed by atoms with E-state index in [2.05, 4.69) is 6.58 Å². The summed E-state index contributed by atoms with van der Waals surface area (Å²) >= 11 is 0. The Hall–Kier alpha value is -1.33. The molecule has 0 heterocycles. The zero-order valence-electron chi connectivity index (χ0n) is 8.32. The van der Waals surface area contributed by atoms with Crippen molar-refractivity contribution in [1.82, 2.24) is 0 Å². The Morgan fingerprint density at radius 1 is 0.941 bits per heavy atom. The third-order valence-electron chi connectivity index (χ3n) is 1.17. The molecule has 0 aliphatic heterocycles. The van der Waals surface area contributed by atoms with Crippen molar-refractivity contribution < 1.29 is 39.9 Å². The molecule has 8 nitrogen and oxygen atoms in total. The Kier molecular flexibility index (Phi) is 12.2. The zero-order chi connectivity index (χ0) is 13.5. The summed E-state index contributed by atoms with van der Waals surface area (Å²) in [7, 11) is 0. The molecule has 2 atom stereocenters. The molecule has 0 radical (unpaired) electrons. The van der Waals surface area contributed by atoms with Crippen molar-refractivity contribution in [3.63, 3.8) is 0 Å². The molecule has 2 unspecified atom stereocenters. The van der Waals surface area contributed by atoms with Crippen LogP contribution < -0.4 is 0 Å². The van der Waals surface area contributed by atoms with Crippen LogP contribution in [0.2, 0.25) is 0 Å². The predicted molar refractivity (Wildman–Crippen MR) is 56.9 cm³/mol. The molecular weight excluding hydrogens is 231 g/mol. The fourth-order valence-corrected chi connectivity index (χ4v) is 0.270. The van der Waals surface area contributed by atoms with Gasteiger partial charge in [0.2, 0.25) is 0 Å². The summed E-state index contributed by atoms with van der Waals surface area (Å²) in [6.07, 6.45) is -4.53. The molecule has 0 aromatic carbocycles. The fraction of sp³-hybridized carbons (Fsp3) is 0.375. The maximum atomic E-state index is 9.77. The Labute approximate surface area is 108 Å². The van der Waals surface area contributed by atoms with Crippen molar-refractivity contribution in [3.8, 4) is 0 Å². The van der Waals surface area contributed by atoms with Crippen LogP contribution in [0.3, 0.4) is 0 Å². The van der Waals surface area contributed by atoms with Crippen LogP contribution in [0.5, 0.6) is 0 Å². The van der Waals surface area contributed by atoms with Gasteiger partial charge in [-0.2, -0.15) is 0 Å². The van der Waals surface area contributed by atoms with Gasteiger partial charge in [-0.05, 0) is 6.92 Å². The predicted octanol–water partition coefficient (Wildman–Crippen LogP) is -2.12. The van der Waals surface area contributed by atoms with Crippen LogP contribution in [-0.4, -0.2) is 74.5 Å². The Morgan fingerprint density at radius 2 is 1.12 bits per heavy atom. The summed E-state index contributed by atoms with van der Waals surface area (Å²) in [5.41, 5.74) is 0.176. The van der Waals surface area contributed by atoms with Crippen molar-refractivity contribution in [1.29, 1.82) is 0 Å². The topological polar surface area (TPSA) is 152 Å². The van der Waals surface area contributed by atoms with Crippen molar-refractivity contribution in [3.05, 3.63) is 12.2 Å². The third-order valence-corrected chi connectivity index (χ3v) is 1.17. The van der Waals surface area contributed by atoms with Gasteiger partial charge in [0.1, 0.15) is 0 Å². The summed E-state index contributed by atoms with van der Waals surface area (Å²) in [5, 5.41) is 40.4. The summed E-state index contributed by atoms with van der Waals surface area (Å²) in [6.45, 7) is 4.60. The molecule has 0 amide bonds. The van der Waals surface area contributed by atoms with Crippen LogP contribution in [0.25, 0.3) is 0 Å². The molecule has 0 aliphatic rings. The minimum absolute atomic E-state index is 0. The number of hydrogen-bond acceptors (Lipinski definition) is 5. The molecule has 9 heteroatoms. The number of aliphatic hydroxyl groups excluding tert-OH is 2. The van der Waals surface area contributed by atoms with Gasteiger partial charge in [-0.1, -0.05) is 6.58 Å². The summed E-state index contributed by atoms with van der Waals surface area (Å²) in [5.74, 6) is -4.47. The van der Waals surface area contributed by atoms with E-state index in [1.165, 1.54) is 6.92 Å². The van der Waals surface area contributed by atoms with Gasteiger partial charge in [0, 0.05) is 5.57 Å². The summed E-state index contributed by atoms with van der Waals surface area (Å²) in [6, 6.07) is 0. The third kappa shape index (κ3) is 10.9. The summed E-state index contributed by atoms with van der Waals surface area (Å²) < 4.78 is 0. The second-order valence-electron chi connectivity index (χ2n) is 2.65. The number of hydrogen-bond donors (Lipinski definition) is 5. The number of carbonyl (C=O) groups is 3. The molecule has 0 saturated heterocycles. The van der Waals surface area contributed by atoms with Crippen LogP contribution >= 0.6 is 0 Å². The average Bonchev–Trinajstić information content (AvgIpc) is 2.15. The van der Waals surface area contributed by atoms with Crippen molar-refractivity contribution in [2.75, 3.05) is 0 Å². The standard InChI is InChI=1S/C4H6O6.C4H6O2.Li.H/c5-1(3(7)8)2(6)4(9)10;1-3(2)4(5)6;;/h1-2,5-6H,(H,7,8)(H,9,10);1H2,2H3,(H,5,6);;. The van der Waals surface area contributed by atoms with Crippen LogP contribution in [-0.2, 0) is 14.4 Å². The average molecular weight is 244 g/mol. The number of aliphatic hydroxyl groups is 2. The first-order valence-corrected chi connectivity index (χ1v) is 3.81. The van der Waals surface area contributed by atoms with Crippen molar-refractivity contribution >= 4 is 36.8 Å². The van der Waals surface area contributed by atoms with Crippen molar-refractivity contribution in [2.45, 2.75) is 19.1 Å². The van der Waals surface area contributed by atoms with E-state index in [4.69, 9.17) is 25.5 Å². The van der Waals surface area contributed by atoms with Gasteiger partial charge in [0.15, 0.2) is 12.2 Å². The number of carboxylic acids is 3. The zero-order valence-corrected chi connectivity index (χ0v) is 8.32. The molecular formula is C8H13LiO8. The molecule has 17 heavy (non-hydrogen) atoms. The molecule has 0 fully saturated rings. The summed E-state index contributed by atoms with van der Waals surface area (Å²) in [4.78, 5) is 29.1. The Morgan fingerprint density at radius 3 is 1.18 bits per heavy atom. The Bertz CT molecular complexity index is 270. The molecule has 5 N–H and O–H groups in total. The Balaban J connectivity index is -0.000000244. The van der Waals surface area contributed by atoms with E-state index in [0.717, 1.165) is 0 Å². The van der Waals surface area contributed by atoms with Gasteiger partial charge in [0.05, 0.1) is 0 Å². The van der Waals surface area contributed by atoms with E-state index < -0.39 is 30.1 Å². The van der Waals surface area contributed by atoms with E-state index in [9.17, 15) is 14.4 Å². The van der Waals surface area contributed by atoms with E-state index >= 15 is 0 Å². The molecule has 0 aromatic heterocycles. The first-order valence-electron chi connectivity index (χ1n) is 3.81. The van der Waals surface area contributed by atoms with Gasteiger partial charge in [-0.3, -0.25) is 0 Å². The van der Waals surface area contributed by atoms with E-state index in [-0.39, 0.29) is 24.4 Å². The van der Waals surface area contributed by atoms with Crippen molar-refractivity contribution in [2.24, 2.45) is 0 Å². The van der Waals surface area contributed by atoms with Gasteiger partial charge < -0.3 is 25.5 Å². The molecule has 94 valence electrons. The number of aliphatic carboxylic acids is 3. The SMILES string of the molecule is C=C(C)C(=O)O.O=C(O)C(O)C(O)C(=O)O.[LiH]. The van der Waals surface area contributed by atoms with E-state index in [1.807, 2.05) is 0 Å². The number of carboxylic acid groups (broad SMARTS) is 3. The maximum absolute atomic E-state index is 9.77. The normalized spacial score (nSPS) is 11.9. The molecule has 0 rings (SSSR count). The first-order chi connectivity index (χ1) is 7.11. The molecule has 0 aliphatic carbocycles. The molecule has 0 bridgehead atoms. The second kappa shape index (κ2) is 9.86. The molecule has 0 aromatic rings. The van der Waals surface area contributed by atoms with Crippen LogP contribution in [0, 0.1) is 0 Å². The van der Waals surface area contributed by atoms with E-state index in [0.29, 0.717) is 0 Å². The quantitative estimate of drug-likeness (QED) is 0.278. The van der Waals surface area contributed by atoms with Gasteiger partial charge >= 0.3 is 36.8 Å². The molecule has 0 saturated carbocycles. The van der Waals surface area contributed by atoms with Crippen LogP contribution in [0.15, 0.2) is 12.2 Å². The second-order valence-corrected chi connectivity index (χ2v) is 2.65. The monoisotopic (exact) mass is 244 g/mol. The van der Waals surface area contributed by atoms with E-state index in [1.54, 1.807) is 0 Å². The van der Waals surface area contributed by atoms with Gasteiger partial charge in [-0.15, -0.1) is 0 Å². The van der Waals surface area contributed by atoms with Gasteiger partial charge in [0.25, 0.3) is 0 Å². The number of rotatable bonds is 4. The fourth-order valence-electron chi connectivity index (χ4n) is 0.270. The first kappa shape index (κ1) is 21.0. The molecule has 0 spiro atoms. The minimum atomic E-state index is -2.27.